The van der Waals surface area contributed by atoms with Crippen LogP contribution in [-0.2, 0) is 0 Å². The van der Waals surface area contributed by atoms with Gasteiger partial charge in [-0.2, -0.15) is 14.9 Å². The van der Waals surface area contributed by atoms with Gasteiger partial charge in [0.05, 0.1) is 11.6 Å². The van der Waals surface area contributed by atoms with Crippen molar-refractivity contribution in [3.05, 3.63) is 46.1 Å². The predicted molar refractivity (Wildman–Crippen MR) is 75.4 cm³/mol. The molecule has 98 valence electrons. The van der Waals surface area contributed by atoms with Crippen molar-refractivity contribution in [1.82, 2.24) is 19.8 Å². The average molecular weight is 284 g/mol. The Morgan fingerprint density at radius 2 is 1.80 bits per heavy atom. The molecule has 0 aliphatic heterocycles. The molecule has 5 nitrogen and oxygen atoms in total. The number of hydrogen-bond donors (Lipinski definition) is 0. The van der Waals surface area contributed by atoms with Gasteiger partial charge in [-0.25, -0.2) is 0 Å². The monoisotopic (exact) mass is 283 g/mol. The summed E-state index contributed by atoms with van der Waals surface area (Å²) in [5, 5.41) is 21.9. The van der Waals surface area contributed by atoms with Crippen molar-refractivity contribution in [3.8, 4) is 17.5 Å². The third kappa shape index (κ3) is 1.82. The Bertz CT molecular complexity index is 843. The molecule has 6 heteroatoms. The number of nitrogens with zero attached hydrogens (tertiary/aromatic N) is 5. The molecule has 0 unspecified atom stereocenters. The Labute approximate surface area is 120 Å². The minimum Gasteiger partial charge on any atom is -0.192 e. The summed E-state index contributed by atoms with van der Waals surface area (Å²) in [5.41, 5.74) is 3.98. The fourth-order valence-corrected chi connectivity index (χ4v) is 2.18. The van der Waals surface area contributed by atoms with Gasteiger partial charge in [-0.3, -0.25) is 0 Å². The molecule has 0 atom stereocenters. The van der Waals surface area contributed by atoms with Crippen molar-refractivity contribution >= 4 is 17.2 Å². The van der Waals surface area contributed by atoms with Crippen LogP contribution >= 0.6 is 11.6 Å². The minimum atomic E-state index is 0.435. The molecule has 0 fully saturated rings. The highest BCUT2D eigenvalue weighted by atomic mass is 35.5. The second-order valence-electron chi connectivity index (χ2n) is 4.49. The van der Waals surface area contributed by atoms with Crippen LogP contribution in [0, 0.1) is 25.2 Å². The maximum atomic E-state index is 8.82. The molecule has 0 amide bonds. The summed E-state index contributed by atoms with van der Waals surface area (Å²) in [6, 6.07) is 9.19. The van der Waals surface area contributed by atoms with Gasteiger partial charge in [-0.15, -0.1) is 10.2 Å². The smallest absolute Gasteiger partial charge is 0.185 e. The van der Waals surface area contributed by atoms with Crippen molar-refractivity contribution < 1.29 is 0 Å². The number of aromatic nitrogens is 4. The highest BCUT2D eigenvalue weighted by molar-refractivity contribution is 6.30. The fraction of sp³-hybridized carbons (Fsp3) is 0.143. The van der Waals surface area contributed by atoms with Gasteiger partial charge in [0.2, 0.25) is 0 Å². The van der Waals surface area contributed by atoms with Crippen LogP contribution in [0.1, 0.15) is 16.7 Å². The Morgan fingerprint density at radius 3 is 2.45 bits per heavy atom. The summed E-state index contributed by atoms with van der Waals surface area (Å²) in [6.45, 7) is 3.84. The van der Waals surface area contributed by atoms with E-state index in [4.69, 9.17) is 16.9 Å². The topological polar surface area (TPSA) is 66.9 Å². The molecular formula is C14H10ClN5. The highest BCUT2D eigenvalue weighted by Crippen LogP contribution is 2.23. The molecule has 2 aromatic heterocycles. The van der Waals surface area contributed by atoms with Gasteiger partial charge in [0, 0.05) is 11.1 Å². The number of nitriles is 1. The normalized spacial score (nSPS) is 10.7. The molecule has 0 aliphatic carbocycles. The maximum absolute atomic E-state index is 8.82. The molecule has 0 spiro atoms. The molecule has 0 N–H and O–H groups in total. The van der Waals surface area contributed by atoms with Crippen molar-refractivity contribution in [2.24, 2.45) is 0 Å². The summed E-state index contributed by atoms with van der Waals surface area (Å²) in [5.74, 6) is 0.606. The van der Waals surface area contributed by atoms with Crippen molar-refractivity contribution in [2.45, 2.75) is 13.8 Å². The molecule has 20 heavy (non-hydrogen) atoms. The number of benzene rings is 1. The molecule has 3 aromatic rings. The summed E-state index contributed by atoms with van der Waals surface area (Å²) in [6.07, 6.45) is 0. The van der Waals surface area contributed by atoms with E-state index in [1.165, 1.54) is 0 Å². The van der Waals surface area contributed by atoms with E-state index in [1.54, 1.807) is 16.6 Å². The zero-order valence-electron chi connectivity index (χ0n) is 10.9. The Morgan fingerprint density at radius 1 is 1.10 bits per heavy atom. The SMILES string of the molecule is Cc1c(Cl)nn2c(-c3ccc(C#N)cc3)nnc2c1C. The summed E-state index contributed by atoms with van der Waals surface area (Å²) < 4.78 is 1.63. The van der Waals surface area contributed by atoms with E-state index < -0.39 is 0 Å². The molecule has 0 saturated carbocycles. The minimum absolute atomic E-state index is 0.435. The second-order valence-corrected chi connectivity index (χ2v) is 4.85. The first-order valence-corrected chi connectivity index (χ1v) is 6.38. The van der Waals surface area contributed by atoms with Gasteiger partial charge in [0.15, 0.2) is 16.6 Å². The average Bonchev–Trinajstić information content (AvgIpc) is 2.89. The summed E-state index contributed by atoms with van der Waals surface area (Å²) >= 11 is 6.13. The number of hydrogen-bond acceptors (Lipinski definition) is 4. The van der Waals surface area contributed by atoms with E-state index >= 15 is 0 Å². The predicted octanol–water partition coefficient (Wildman–Crippen LogP) is 2.93. The van der Waals surface area contributed by atoms with Gasteiger partial charge < -0.3 is 0 Å². The molecular weight excluding hydrogens is 274 g/mol. The van der Waals surface area contributed by atoms with E-state index in [0.29, 0.717) is 22.2 Å². The van der Waals surface area contributed by atoms with Gasteiger partial charge in [-0.05, 0) is 43.7 Å². The van der Waals surface area contributed by atoms with E-state index in [9.17, 15) is 0 Å². The first-order valence-electron chi connectivity index (χ1n) is 6.00. The molecule has 0 aliphatic rings. The lowest BCUT2D eigenvalue weighted by Crippen LogP contribution is -2.00. The Hall–Kier alpha value is -2.45. The van der Waals surface area contributed by atoms with Crippen molar-refractivity contribution in [3.63, 3.8) is 0 Å². The molecule has 0 radical (unpaired) electrons. The largest absolute Gasteiger partial charge is 0.192 e. The summed E-state index contributed by atoms with van der Waals surface area (Å²) in [4.78, 5) is 0. The molecule has 2 heterocycles. The first kappa shape index (κ1) is 12.6. The van der Waals surface area contributed by atoms with Crippen LogP contribution in [0.3, 0.4) is 0 Å². The lowest BCUT2D eigenvalue weighted by molar-refractivity contribution is 0.919. The van der Waals surface area contributed by atoms with Crippen LogP contribution in [0.25, 0.3) is 17.0 Å². The Balaban J connectivity index is 2.24. The maximum Gasteiger partial charge on any atom is 0.185 e. The van der Waals surface area contributed by atoms with Crippen LogP contribution in [-0.4, -0.2) is 19.8 Å². The van der Waals surface area contributed by atoms with Gasteiger partial charge in [0.1, 0.15) is 0 Å². The van der Waals surface area contributed by atoms with Gasteiger partial charge in [0.25, 0.3) is 0 Å². The number of aryl methyl sites for hydroxylation is 1. The first-order chi connectivity index (χ1) is 9.61. The molecule has 0 saturated heterocycles. The molecule has 1 aromatic carbocycles. The van der Waals surface area contributed by atoms with E-state index in [1.807, 2.05) is 26.0 Å². The zero-order valence-corrected chi connectivity index (χ0v) is 11.7. The van der Waals surface area contributed by atoms with Crippen LogP contribution in [0.15, 0.2) is 24.3 Å². The van der Waals surface area contributed by atoms with E-state index in [0.717, 1.165) is 16.7 Å². The quantitative estimate of drug-likeness (QED) is 0.688. The third-order valence-corrected chi connectivity index (χ3v) is 3.67. The standard InChI is InChI=1S/C14H10ClN5/c1-8-9(2)13-17-18-14(20(13)19-12(8)15)11-5-3-10(7-16)4-6-11/h3-6H,1-2H3. The van der Waals surface area contributed by atoms with Crippen LogP contribution < -0.4 is 0 Å². The van der Waals surface area contributed by atoms with Gasteiger partial charge in [-0.1, -0.05) is 11.6 Å². The molecule has 0 bridgehead atoms. The summed E-state index contributed by atoms with van der Waals surface area (Å²) in [7, 11) is 0. The second kappa shape index (κ2) is 4.58. The van der Waals surface area contributed by atoms with Crippen LogP contribution in [0.2, 0.25) is 5.15 Å². The molecule has 3 rings (SSSR count). The number of halogens is 1. The van der Waals surface area contributed by atoms with Crippen molar-refractivity contribution in [2.75, 3.05) is 0 Å². The highest BCUT2D eigenvalue weighted by Gasteiger charge is 2.14. The van der Waals surface area contributed by atoms with Crippen molar-refractivity contribution in [1.29, 1.82) is 5.26 Å². The third-order valence-electron chi connectivity index (χ3n) is 3.31. The lowest BCUT2D eigenvalue weighted by Gasteiger charge is -2.05. The Kier molecular flexibility index (Phi) is 2.88. The van der Waals surface area contributed by atoms with Gasteiger partial charge >= 0.3 is 0 Å². The van der Waals surface area contributed by atoms with Crippen LogP contribution in [0.5, 0.6) is 0 Å². The number of fused-ring (bicyclic) bond motifs is 1. The van der Waals surface area contributed by atoms with Crippen LogP contribution in [0.4, 0.5) is 0 Å². The van der Waals surface area contributed by atoms with E-state index in [-0.39, 0.29) is 0 Å². The lowest BCUT2D eigenvalue weighted by atomic mass is 10.1. The van der Waals surface area contributed by atoms with E-state index in [2.05, 4.69) is 21.4 Å². The zero-order chi connectivity index (χ0) is 14.3. The number of rotatable bonds is 1. The fourth-order valence-electron chi connectivity index (χ4n) is 1.97.